The average Bonchev–Trinajstić information content (AvgIpc) is 2.70. The first kappa shape index (κ1) is 22.6. The van der Waals surface area contributed by atoms with Crippen LogP contribution in [0.4, 0.5) is 4.79 Å². The highest BCUT2D eigenvalue weighted by Gasteiger charge is 2.21. The Balaban J connectivity index is 2.15. The molecule has 7 heteroatoms. The summed E-state index contributed by atoms with van der Waals surface area (Å²) in [6, 6.07) is 13.8. The minimum atomic E-state index is -0.489. The molecule has 156 valence electrons. The lowest BCUT2D eigenvalue weighted by Crippen LogP contribution is -2.41. The molecule has 0 spiro atoms. The third-order valence-corrected chi connectivity index (χ3v) is 4.59. The van der Waals surface area contributed by atoms with E-state index >= 15 is 0 Å². The van der Waals surface area contributed by atoms with Gasteiger partial charge in [-0.2, -0.15) is 0 Å². The summed E-state index contributed by atoms with van der Waals surface area (Å²) in [5.41, 5.74) is 1.57. The normalized spacial score (nSPS) is 12.8. The van der Waals surface area contributed by atoms with Crippen LogP contribution in [-0.2, 0) is 9.53 Å². The number of carbonyl (C=O) groups is 2. The lowest BCUT2D eigenvalue weighted by molar-refractivity contribution is -0.151. The number of ether oxygens (including phenoxy) is 2. The van der Waals surface area contributed by atoms with Gasteiger partial charge in [-0.1, -0.05) is 48.9 Å². The second-order valence-corrected chi connectivity index (χ2v) is 7.38. The SMILES string of the molecule is COc1cccc(C(NC(=O)NCC(C)C(=O)OC(C)C)c2ccccc2Cl)c1. The summed E-state index contributed by atoms with van der Waals surface area (Å²) in [5.74, 6) is -0.138. The summed E-state index contributed by atoms with van der Waals surface area (Å²) in [7, 11) is 1.58. The highest BCUT2D eigenvalue weighted by atomic mass is 35.5. The van der Waals surface area contributed by atoms with Crippen molar-refractivity contribution < 1.29 is 19.1 Å². The Hall–Kier alpha value is -2.73. The van der Waals surface area contributed by atoms with Gasteiger partial charge in [0.15, 0.2) is 0 Å². The minimum Gasteiger partial charge on any atom is -0.497 e. The number of esters is 1. The molecule has 0 fully saturated rings. The third kappa shape index (κ3) is 6.68. The summed E-state index contributed by atoms with van der Waals surface area (Å²) in [4.78, 5) is 24.5. The standard InChI is InChI=1S/C22H27ClN2O4/c1-14(2)29-21(26)15(3)13-24-22(27)25-20(18-10-5-6-11-19(18)23)16-8-7-9-17(12-16)28-4/h5-12,14-15,20H,13H2,1-4H3,(H2,24,25,27). The van der Waals surface area contributed by atoms with Crippen LogP contribution in [0.2, 0.25) is 5.02 Å². The molecular formula is C22H27ClN2O4. The number of rotatable bonds is 8. The van der Waals surface area contributed by atoms with Gasteiger partial charge in [0.1, 0.15) is 5.75 Å². The van der Waals surface area contributed by atoms with Crippen molar-refractivity contribution in [1.82, 2.24) is 10.6 Å². The van der Waals surface area contributed by atoms with Crippen molar-refractivity contribution in [2.75, 3.05) is 13.7 Å². The summed E-state index contributed by atoms with van der Waals surface area (Å²) in [6.45, 7) is 5.43. The van der Waals surface area contributed by atoms with Crippen LogP contribution in [0.25, 0.3) is 0 Å². The van der Waals surface area contributed by atoms with E-state index in [1.807, 2.05) is 42.5 Å². The van der Waals surface area contributed by atoms with Crippen LogP contribution < -0.4 is 15.4 Å². The zero-order chi connectivity index (χ0) is 21.4. The number of hydrogen-bond donors (Lipinski definition) is 2. The summed E-state index contributed by atoms with van der Waals surface area (Å²) < 4.78 is 10.5. The number of hydrogen-bond acceptors (Lipinski definition) is 4. The molecule has 0 saturated heterocycles. The number of amides is 2. The lowest BCUT2D eigenvalue weighted by Gasteiger charge is -2.22. The quantitative estimate of drug-likeness (QED) is 0.626. The van der Waals surface area contributed by atoms with Crippen molar-refractivity contribution in [3.63, 3.8) is 0 Å². The number of methoxy groups -OCH3 is 1. The lowest BCUT2D eigenvalue weighted by atomic mass is 9.98. The van der Waals surface area contributed by atoms with E-state index in [-0.39, 0.29) is 18.6 Å². The van der Waals surface area contributed by atoms with E-state index in [9.17, 15) is 9.59 Å². The van der Waals surface area contributed by atoms with Crippen molar-refractivity contribution in [1.29, 1.82) is 0 Å². The fraction of sp³-hybridized carbons (Fsp3) is 0.364. The Morgan fingerprint density at radius 2 is 1.79 bits per heavy atom. The van der Waals surface area contributed by atoms with Gasteiger partial charge in [-0.15, -0.1) is 0 Å². The molecule has 0 aliphatic heterocycles. The first-order valence-corrected chi connectivity index (χ1v) is 9.82. The molecule has 2 aromatic carbocycles. The number of halogens is 1. The Morgan fingerprint density at radius 3 is 2.45 bits per heavy atom. The summed E-state index contributed by atoms with van der Waals surface area (Å²) >= 11 is 6.38. The van der Waals surface area contributed by atoms with E-state index in [4.69, 9.17) is 21.1 Å². The monoisotopic (exact) mass is 418 g/mol. The fourth-order valence-electron chi connectivity index (χ4n) is 2.73. The Bertz CT molecular complexity index is 841. The Morgan fingerprint density at radius 1 is 1.07 bits per heavy atom. The molecule has 2 amide bonds. The maximum absolute atomic E-state index is 12.6. The van der Waals surface area contributed by atoms with Gasteiger partial charge in [-0.25, -0.2) is 4.79 Å². The van der Waals surface area contributed by atoms with Crippen LogP contribution in [0.1, 0.15) is 37.9 Å². The molecule has 0 heterocycles. The van der Waals surface area contributed by atoms with Gasteiger partial charge in [0, 0.05) is 11.6 Å². The molecule has 0 saturated carbocycles. The number of carbonyl (C=O) groups excluding carboxylic acids is 2. The first-order chi connectivity index (χ1) is 13.8. The van der Waals surface area contributed by atoms with E-state index in [2.05, 4.69) is 10.6 Å². The van der Waals surface area contributed by atoms with E-state index in [1.54, 1.807) is 33.9 Å². The topological polar surface area (TPSA) is 76.7 Å². The molecule has 2 atom stereocenters. The predicted octanol–water partition coefficient (Wildman–Crippen LogP) is 4.32. The zero-order valence-electron chi connectivity index (χ0n) is 17.1. The van der Waals surface area contributed by atoms with Gasteiger partial charge in [-0.3, -0.25) is 4.79 Å². The van der Waals surface area contributed by atoms with Gasteiger partial charge in [0.2, 0.25) is 0 Å². The molecule has 6 nitrogen and oxygen atoms in total. The number of benzene rings is 2. The van der Waals surface area contributed by atoms with E-state index in [1.165, 1.54) is 0 Å². The molecule has 0 aliphatic rings. The first-order valence-electron chi connectivity index (χ1n) is 9.45. The predicted molar refractivity (Wildman–Crippen MR) is 113 cm³/mol. The van der Waals surface area contributed by atoms with E-state index in [0.717, 1.165) is 11.1 Å². The Kier molecular flexibility index (Phi) is 8.34. The van der Waals surface area contributed by atoms with Crippen molar-refractivity contribution in [2.24, 2.45) is 5.92 Å². The fourth-order valence-corrected chi connectivity index (χ4v) is 2.98. The molecule has 2 rings (SSSR count). The zero-order valence-corrected chi connectivity index (χ0v) is 17.8. The van der Waals surface area contributed by atoms with Crippen LogP contribution in [0.3, 0.4) is 0 Å². The van der Waals surface area contributed by atoms with Crippen LogP contribution >= 0.6 is 11.6 Å². The second kappa shape index (κ2) is 10.7. The number of urea groups is 1. The van der Waals surface area contributed by atoms with Crippen molar-refractivity contribution in [3.05, 3.63) is 64.7 Å². The van der Waals surface area contributed by atoms with Crippen LogP contribution in [-0.4, -0.2) is 31.8 Å². The van der Waals surface area contributed by atoms with Gasteiger partial charge in [0.25, 0.3) is 0 Å². The molecule has 0 bridgehead atoms. The van der Waals surface area contributed by atoms with Crippen LogP contribution in [0.15, 0.2) is 48.5 Å². The molecule has 2 aromatic rings. The van der Waals surface area contributed by atoms with Crippen molar-refractivity contribution in [3.8, 4) is 5.75 Å². The second-order valence-electron chi connectivity index (χ2n) is 6.97. The van der Waals surface area contributed by atoms with Crippen molar-refractivity contribution in [2.45, 2.75) is 32.9 Å². The highest BCUT2D eigenvalue weighted by Crippen LogP contribution is 2.30. The molecule has 29 heavy (non-hydrogen) atoms. The van der Waals surface area contributed by atoms with E-state index in [0.29, 0.717) is 10.8 Å². The summed E-state index contributed by atoms with van der Waals surface area (Å²) in [5, 5.41) is 6.20. The van der Waals surface area contributed by atoms with Gasteiger partial charge < -0.3 is 20.1 Å². The van der Waals surface area contributed by atoms with Gasteiger partial charge >= 0.3 is 12.0 Å². The molecule has 2 N–H and O–H groups in total. The van der Waals surface area contributed by atoms with Crippen LogP contribution in [0.5, 0.6) is 5.75 Å². The maximum Gasteiger partial charge on any atom is 0.315 e. The molecule has 0 aromatic heterocycles. The maximum atomic E-state index is 12.6. The third-order valence-electron chi connectivity index (χ3n) is 4.24. The molecular weight excluding hydrogens is 392 g/mol. The Labute approximate surface area is 176 Å². The minimum absolute atomic E-state index is 0.157. The van der Waals surface area contributed by atoms with Gasteiger partial charge in [-0.05, 0) is 43.2 Å². The number of nitrogens with one attached hydrogen (secondary N) is 2. The summed E-state index contributed by atoms with van der Waals surface area (Å²) in [6.07, 6.45) is -0.198. The smallest absolute Gasteiger partial charge is 0.315 e. The molecule has 0 radical (unpaired) electrons. The average molecular weight is 419 g/mol. The van der Waals surface area contributed by atoms with Crippen LogP contribution in [0, 0.1) is 5.92 Å². The van der Waals surface area contributed by atoms with Gasteiger partial charge in [0.05, 0.1) is 25.2 Å². The highest BCUT2D eigenvalue weighted by molar-refractivity contribution is 6.31. The van der Waals surface area contributed by atoms with E-state index < -0.39 is 18.0 Å². The molecule has 2 unspecified atom stereocenters. The van der Waals surface area contributed by atoms with Crippen molar-refractivity contribution >= 4 is 23.6 Å². The molecule has 0 aliphatic carbocycles. The largest absolute Gasteiger partial charge is 0.497 e.